The average Bonchev–Trinajstić information content (AvgIpc) is 3.25. The van der Waals surface area contributed by atoms with E-state index >= 15 is 0 Å². The molecule has 1 N–H and O–H groups in total. The number of aromatic nitrogens is 3. The topological polar surface area (TPSA) is 59.8 Å². The van der Waals surface area contributed by atoms with E-state index in [1.54, 1.807) is 35.6 Å². The van der Waals surface area contributed by atoms with Gasteiger partial charge in [-0.05, 0) is 49.6 Å². The molecule has 0 aliphatic heterocycles. The Morgan fingerprint density at radius 2 is 2.08 bits per heavy atom. The molecule has 25 heavy (non-hydrogen) atoms. The van der Waals surface area contributed by atoms with Gasteiger partial charge in [-0.25, -0.2) is 0 Å². The van der Waals surface area contributed by atoms with Crippen LogP contribution in [0, 0.1) is 0 Å². The van der Waals surface area contributed by atoms with E-state index in [0.29, 0.717) is 5.02 Å². The predicted molar refractivity (Wildman–Crippen MR) is 104 cm³/mol. The van der Waals surface area contributed by atoms with Crippen molar-refractivity contribution in [3.8, 4) is 10.7 Å². The summed E-state index contributed by atoms with van der Waals surface area (Å²) in [4.78, 5) is 13.5. The summed E-state index contributed by atoms with van der Waals surface area (Å²) in [6.45, 7) is 4.65. The molecule has 3 aromatic rings. The van der Waals surface area contributed by atoms with E-state index in [1.807, 2.05) is 35.9 Å². The molecule has 0 aliphatic carbocycles. The summed E-state index contributed by atoms with van der Waals surface area (Å²) >= 11 is 8.89. The van der Waals surface area contributed by atoms with Crippen molar-refractivity contribution in [2.24, 2.45) is 0 Å². The van der Waals surface area contributed by atoms with E-state index < -0.39 is 0 Å². The number of halogens is 1. The minimum Gasteiger partial charge on any atom is -0.325 e. The number of carbonyl (C=O) groups excluding carboxylic acids is 1. The number of nitrogens with one attached hydrogen (secondary N) is 1. The van der Waals surface area contributed by atoms with Crippen molar-refractivity contribution in [2.45, 2.75) is 30.8 Å². The molecule has 0 aliphatic rings. The first kappa shape index (κ1) is 18.0. The standard InChI is InChI=1S/C17H17ClN4OS2/c1-3-22-15(14-5-4-10-24-14)20-21-17(22)25-11(2)16(23)19-13-8-6-12(18)7-9-13/h4-11H,3H2,1-2H3,(H,19,23). The molecule has 0 bridgehead atoms. The Bertz CT molecular complexity index is 846. The lowest BCUT2D eigenvalue weighted by atomic mass is 10.3. The number of nitrogens with zero attached hydrogens (tertiary/aromatic N) is 3. The van der Waals surface area contributed by atoms with E-state index in [-0.39, 0.29) is 11.2 Å². The number of thiophene rings is 1. The molecule has 0 saturated heterocycles. The molecule has 2 heterocycles. The zero-order chi connectivity index (χ0) is 17.8. The van der Waals surface area contributed by atoms with Crippen molar-refractivity contribution in [1.29, 1.82) is 0 Å². The third kappa shape index (κ3) is 4.23. The number of rotatable bonds is 6. The lowest BCUT2D eigenvalue weighted by Crippen LogP contribution is -2.22. The lowest BCUT2D eigenvalue weighted by Gasteiger charge is -2.12. The quantitative estimate of drug-likeness (QED) is 0.612. The Morgan fingerprint density at radius 1 is 1.32 bits per heavy atom. The first-order valence-electron chi connectivity index (χ1n) is 7.78. The number of carbonyl (C=O) groups is 1. The van der Waals surface area contributed by atoms with Crippen LogP contribution >= 0.6 is 34.7 Å². The molecule has 1 unspecified atom stereocenters. The number of benzene rings is 1. The fraction of sp³-hybridized carbons (Fsp3) is 0.235. The first-order chi connectivity index (χ1) is 12.1. The van der Waals surface area contributed by atoms with Crippen LogP contribution in [0.5, 0.6) is 0 Å². The second-order valence-electron chi connectivity index (χ2n) is 5.28. The van der Waals surface area contributed by atoms with E-state index in [1.165, 1.54) is 11.8 Å². The fourth-order valence-corrected chi connectivity index (χ4v) is 3.99. The molecule has 1 atom stereocenters. The molecular formula is C17H17ClN4OS2. The second-order valence-corrected chi connectivity index (χ2v) is 7.98. The van der Waals surface area contributed by atoms with Gasteiger partial charge in [0, 0.05) is 17.3 Å². The second kappa shape index (κ2) is 8.03. The maximum atomic E-state index is 12.4. The zero-order valence-corrected chi connectivity index (χ0v) is 16.2. The Balaban J connectivity index is 1.71. The van der Waals surface area contributed by atoms with Crippen molar-refractivity contribution in [3.05, 3.63) is 46.8 Å². The van der Waals surface area contributed by atoms with Crippen molar-refractivity contribution >= 4 is 46.3 Å². The molecule has 130 valence electrons. The highest BCUT2D eigenvalue weighted by molar-refractivity contribution is 8.00. The maximum Gasteiger partial charge on any atom is 0.237 e. The minimum atomic E-state index is -0.304. The van der Waals surface area contributed by atoms with Crippen LogP contribution in [0.2, 0.25) is 5.02 Å². The summed E-state index contributed by atoms with van der Waals surface area (Å²) in [5.41, 5.74) is 0.720. The van der Waals surface area contributed by atoms with Gasteiger partial charge in [-0.3, -0.25) is 4.79 Å². The normalized spacial score (nSPS) is 12.1. The van der Waals surface area contributed by atoms with Gasteiger partial charge in [-0.15, -0.1) is 21.5 Å². The van der Waals surface area contributed by atoms with Crippen molar-refractivity contribution in [1.82, 2.24) is 14.8 Å². The number of hydrogen-bond acceptors (Lipinski definition) is 5. The third-order valence-corrected chi connectivity index (χ3v) is 5.74. The van der Waals surface area contributed by atoms with Crippen molar-refractivity contribution in [3.63, 3.8) is 0 Å². The van der Waals surface area contributed by atoms with Gasteiger partial charge in [0.2, 0.25) is 5.91 Å². The molecular weight excluding hydrogens is 376 g/mol. The number of amides is 1. The largest absolute Gasteiger partial charge is 0.325 e. The summed E-state index contributed by atoms with van der Waals surface area (Å²) in [6.07, 6.45) is 0. The molecule has 0 spiro atoms. The molecule has 0 radical (unpaired) electrons. The average molecular weight is 393 g/mol. The molecule has 2 aromatic heterocycles. The molecule has 0 saturated carbocycles. The zero-order valence-electron chi connectivity index (χ0n) is 13.8. The van der Waals surface area contributed by atoms with Crippen LogP contribution in [0.4, 0.5) is 5.69 Å². The third-order valence-electron chi connectivity index (χ3n) is 3.54. The van der Waals surface area contributed by atoms with Gasteiger partial charge in [0.1, 0.15) is 0 Å². The van der Waals surface area contributed by atoms with Crippen molar-refractivity contribution in [2.75, 3.05) is 5.32 Å². The van der Waals surface area contributed by atoms with Crippen LogP contribution < -0.4 is 5.32 Å². The Kier molecular flexibility index (Phi) is 5.78. The molecule has 8 heteroatoms. The Hall–Kier alpha value is -1.83. The SMILES string of the molecule is CCn1c(SC(C)C(=O)Nc2ccc(Cl)cc2)nnc1-c1cccs1. The van der Waals surface area contributed by atoms with Gasteiger partial charge in [0.05, 0.1) is 10.1 Å². The van der Waals surface area contributed by atoms with Crippen LogP contribution in [-0.4, -0.2) is 25.9 Å². The van der Waals surface area contributed by atoms with E-state index in [2.05, 4.69) is 15.5 Å². The van der Waals surface area contributed by atoms with Gasteiger partial charge in [0.15, 0.2) is 11.0 Å². The van der Waals surface area contributed by atoms with E-state index in [4.69, 9.17) is 11.6 Å². The number of hydrogen-bond donors (Lipinski definition) is 1. The highest BCUT2D eigenvalue weighted by Crippen LogP contribution is 2.29. The van der Waals surface area contributed by atoms with Gasteiger partial charge >= 0.3 is 0 Å². The summed E-state index contributed by atoms with van der Waals surface area (Å²) in [5, 5.41) is 14.5. The van der Waals surface area contributed by atoms with Crippen LogP contribution in [0.25, 0.3) is 10.7 Å². The summed E-state index contributed by atoms with van der Waals surface area (Å²) in [7, 11) is 0. The maximum absolute atomic E-state index is 12.4. The molecule has 3 rings (SSSR count). The highest BCUT2D eigenvalue weighted by Gasteiger charge is 2.20. The first-order valence-corrected chi connectivity index (χ1v) is 9.92. The van der Waals surface area contributed by atoms with Crippen molar-refractivity contribution < 1.29 is 4.79 Å². The van der Waals surface area contributed by atoms with E-state index in [0.717, 1.165) is 28.1 Å². The van der Waals surface area contributed by atoms with Gasteiger partial charge in [0.25, 0.3) is 0 Å². The Morgan fingerprint density at radius 3 is 2.72 bits per heavy atom. The number of thioether (sulfide) groups is 1. The highest BCUT2D eigenvalue weighted by atomic mass is 35.5. The predicted octanol–water partition coefficient (Wildman–Crippen LogP) is 4.80. The van der Waals surface area contributed by atoms with Gasteiger partial charge < -0.3 is 9.88 Å². The summed E-state index contributed by atoms with van der Waals surface area (Å²) in [6, 6.07) is 11.1. The smallest absolute Gasteiger partial charge is 0.237 e. The van der Waals surface area contributed by atoms with Gasteiger partial charge in [-0.2, -0.15) is 0 Å². The van der Waals surface area contributed by atoms with Crippen LogP contribution in [0.1, 0.15) is 13.8 Å². The molecule has 5 nitrogen and oxygen atoms in total. The van der Waals surface area contributed by atoms with E-state index in [9.17, 15) is 4.79 Å². The summed E-state index contributed by atoms with van der Waals surface area (Å²) < 4.78 is 2.03. The van der Waals surface area contributed by atoms with Crippen LogP contribution in [-0.2, 0) is 11.3 Å². The fourth-order valence-electron chi connectivity index (χ4n) is 2.24. The monoisotopic (exact) mass is 392 g/mol. The lowest BCUT2D eigenvalue weighted by molar-refractivity contribution is -0.115. The van der Waals surface area contributed by atoms with Crippen LogP contribution in [0.15, 0.2) is 46.9 Å². The summed E-state index contributed by atoms with van der Waals surface area (Å²) in [5.74, 6) is 0.751. The molecule has 1 amide bonds. The minimum absolute atomic E-state index is 0.0874. The Labute approximate surface area is 159 Å². The van der Waals surface area contributed by atoms with Gasteiger partial charge in [-0.1, -0.05) is 29.4 Å². The molecule has 0 fully saturated rings. The number of anilines is 1. The molecule has 1 aromatic carbocycles. The van der Waals surface area contributed by atoms with Crippen LogP contribution in [0.3, 0.4) is 0 Å².